The van der Waals surface area contributed by atoms with Crippen molar-refractivity contribution in [2.75, 3.05) is 11.9 Å². The molecule has 148 valence electrons. The smallest absolute Gasteiger partial charge is 0.346 e. The maximum Gasteiger partial charge on any atom is 0.346 e. The molecule has 0 saturated heterocycles. The molecule has 0 aliphatic carbocycles. The number of carbonyl (C=O) groups is 2. The molecule has 0 aliphatic heterocycles. The van der Waals surface area contributed by atoms with Crippen LogP contribution in [-0.2, 0) is 9.53 Å². The van der Waals surface area contributed by atoms with Gasteiger partial charge >= 0.3 is 5.97 Å². The quantitative estimate of drug-likeness (QED) is 0.413. The zero-order valence-electron chi connectivity index (χ0n) is 15.3. The average Bonchev–Trinajstić information content (AvgIpc) is 3.11. The number of nitrogens with zero attached hydrogens (tertiary/aromatic N) is 1. The van der Waals surface area contributed by atoms with Gasteiger partial charge in [0.25, 0.3) is 5.91 Å². The summed E-state index contributed by atoms with van der Waals surface area (Å²) in [4.78, 5) is 24.8. The fourth-order valence-electron chi connectivity index (χ4n) is 2.50. The molecule has 29 heavy (non-hydrogen) atoms. The van der Waals surface area contributed by atoms with Gasteiger partial charge in [-0.15, -0.1) is 0 Å². The molecule has 8 heteroatoms. The Morgan fingerprint density at radius 1 is 1.14 bits per heavy atom. The largest absolute Gasteiger partial charge is 0.462 e. The third-order valence-corrected chi connectivity index (χ3v) is 4.44. The predicted molar refractivity (Wildman–Crippen MR) is 112 cm³/mol. The van der Waals surface area contributed by atoms with Crippen molar-refractivity contribution >= 4 is 47.0 Å². The lowest BCUT2D eigenvalue weighted by atomic mass is 10.1. The number of esters is 1. The first-order chi connectivity index (χ1) is 14.0. The monoisotopic (exact) mass is 430 g/mol. The molecule has 1 aromatic heterocycles. The van der Waals surface area contributed by atoms with Crippen molar-refractivity contribution in [3.63, 3.8) is 0 Å². The highest BCUT2D eigenvalue weighted by molar-refractivity contribution is 6.32. The highest BCUT2D eigenvalue weighted by Crippen LogP contribution is 2.30. The molecule has 3 aromatic rings. The number of amides is 1. The van der Waals surface area contributed by atoms with Crippen molar-refractivity contribution in [1.82, 2.24) is 5.16 Å². The van der Waals surface area contributed by atoms with E-state index in [0.29, 0.717) is 21.2 Å². The van der Waals surface area contributed by atoms with E-state index in [-0.39, 0.29) is 23.7 Å². The Kier molecular flexibility index (Phi) is 6.69. The van der Waals surface area contributed by atoms with E-state index < -0.39 is 11.9 Å². The lowest BCUT2D eigenvalue weighted by Crippen LogP contribution is -2.13. The molecule has 0 fully saturated rings. The number of anilines is 1. The number of benzene rings is 2. The van der Waals surface area contributed by atoms with Crippen molar-refractivity contribution in [2.45, 2.75) is 6.92 Å². The number of aromatic nitrogens is 1. The summed E-state index contributed by atoms with van der Waals surface area (Å²) < 4.78 is 10.3. The summed E-state index contributed by atoms with van der Waals surface area (Å²) in [6.45, 7) is 1.84. The first kappa shape index (κ1) is 20.6. The van der Waals surface area contributed by atoms with Crippen molar-refractivity contribution < 1.29 is 18.8 Å². The molecule has 3 rings (SSSR count). The van der Waals surface area contributed by atoms with Crippen LogP contribution >= 0.6 is 23.2 Å². The fraction of sp³-hybridized carbons (Fsp3) is 0.0952. The molecule has 0 radical (unpaired) electrons. The van der Waals surface area contributed by atoms with Crippen LogP contribution in [0.4, 0.5) is 5.88 Å². The van der Waals surface area contributed by atoms with E-state index in [2.05, 4.69) is 10.5 Å². The summed E-state index contributed by atoms with van der Waals surface area (Å²) in [7, 11) is 0. The standard InChI is InChI=1S/C21H16Cl2N2O4/c1-2-28-21(27)18-19(14-7-10-15(22)11-8-14)25-29-20(18)24-17(26)12-9-13-5-3-4-6-16(13)23/h3-12H,2H2,1H3,(H,24,26)/b12-9+. The number of nitrogens with one attached hydrogen (secondary N) is 1. The molecule has 1 N–H and O–H groups in total. The van der Waals surface area contributed by atoms with E-state index in [1.807, 2.05) is 0 Å². The summed E-state index contributed by atoms with van der Waals surface area (Å²) in [5.74, 6) is -1.29. The summed E-state index contributed by atoms with van der Waals surface area (Å²) in [5, 5.41) is 7.49. The van der Waals surface area contributed by atoms with Gasteiger partial charge in [0.2, 0.25) is 5.88 Å². The van der Waals surface area contributed by atoms with E-state index in [1.165, 1.54) is 6.08 Å². The molecule has 1 heterocycles. The molecule has 1 amide bonds. The van der Waals surface area contributed by atoms with E-state index in [0.717, 1.165) is 0 Å². The maximum atomic E-state index is 12.5. The predicted octanol–water partition coefficient (Wildman–Crippen LogP) is 5.48. The van der Waals surface area contributed by atoms with Crippen LogP contribution in [0.2, 0.25) is 10.0 Å². The Bertz CT molecular complexity index is 1060. The Hall–Kier alpha value is -3.09. The van der Waals surface area contributed by atoms with E-state index in [9.17, 15) is 9.59 Å². The number of hydrogen-bond donors (Lipinski definition) is 1. The fourth-order valence-corrected chi connectivity index (χ4v) is 2.83. The van der Waals surface area contributed by atoms with Gasteiger partial charge < -0.3 is 9.26 Å². The first-order valence-electron chi connectivity index (χ1n) is 8.66. The molecule has 0 aliphatic rings. The number of rotatable bonds is 6. The second-order valence-corrected chi connectivity index (χ2v) is 6.65. The minimum atomic E-state index is -0.663. The number of hydrogen-bond acceptors (Lipinski definition) is 5. The van der Waals surface area contributed by atoms with E-state index >= 15 is 0 Å². The molecule has 0 spiro atoms. The van der Waals surface area contributed by atoms with Gasteiger partial charge in [0.05, 0.1) is 6.61 Å². The van der Waals surface area contributed by atoms with Gasteiger partial charge in [-0.3, -0.25) is 10.1 Å². The minimum absolute atomic E-state index is 0.0219. The van der Waals surface area contributed by atoms with Crippen molar-refractivity contribution in [3.05, 3.63) is 75.8 Å². The summed E-state index contributed by atoms with van der Waals surface area (Å²) >= 11 is 12.0. The second kappa shape index (κ2) is 9.41. The number of halogens is 2. The first-order valence-corrected chi connectivity index (χ1v) is 9.41. The maximum absolute atomic E-state index is 12.5. The van der Waals surface area contributed by atoms with Crippen LogP contribution in [0.5, 0.6) is 0 Å². The van der Waals surface area contributed by atoms with Crippen LogP contribution in [-0.4, -0.2) is 23.6 Å². The van der Waals surface area contributed by atoms with Gasteiger partial charge in [0.15, 0.2) is 5.56 Å². The highest BCUT2D eigenvalue weighted by atomic mass is 35.5. The van der Waals surface area contributed by atoms with Gasteiger partial charge in [0.1, 0.15) is 5.69 Å². The lowest BCUT2D eigenvalue weighted by molar-refractivity contribution is -0.112. The van der Waals surface area contributed by atoms with Gasteiger partial charge in [-0.2, -0.15) is 0 Å². The SMILES string of the molecule is CCOC(=O)c1c(-c2ccc(Cl)cc2)noc1NC(=O)/C=C/c1ccccc1Cl. The topological polar surface area (TPSA) is 81.4 Å². The zero-order chi connectivity index (χ0) is 20.8. The van der Waals surface area contributed by atoms with Crippen molar-refractivity contribution in [3.8, 4) is 11.3 Å². The third-order valence-electron chi connectivity index (χ3n) is 3.85. The Morgan fingerprint density at radius 2 is 1.86 bits per heavy atom. The van der Waals surface area contributed by atoms with Gasteiger partial charge in [-0.25, -0.2) is 4.79 Å². The molecule has 0 saturated carbocycles. The Labute approximate surface area is 177 Å². The van der Waals surface area contributed by atoms with Crippen molar-refractivity contribution in [1.29, 1.82) is 0 Å². The molecular formula is C21H16Cl2N2O4. The second-order valence-electron chi connectivity index (χ2n) is 5.81. The number of carbonyl (C=O) groups excluding carboxylic acids is 2. The third kappa shape index (κ3) is 5.04. The molecular weight excluding hydrogens is 415 g/mol. The molecule has 0 bridgehead atoms. The van der Waals surface area contributed by atoms with Crippen LogP contribution in [0.3, 0.4) is 0 Å². The van der Waals surface area contributed by atoms with Crippen LogP contribution < -0.4 is 5.32 Å². The van der Waals surface area contributed by atoms with Gasteiger partial charge in [-0.1, -0.05) is 58.7 Å². The van der Waals surface area contributed by atoms with Crippen LogP contribution in [0, 0.1) is 0 Å². The summed E-state index contributed by atoms with van der Waals surface area (Å²) in [6, 6.07) is 13.8. The highest BCUT2D eigenvalue weighted by Gasteiger charge is 2.26. The minimum Gasteiger partial charge on any atom is -0.462 e. The summed E-state index contributed by atoms with van der Waals surface area (Å²) in [6.07, 6.45) is 2.83. The van der Waals surface area contributed by atoms with Gasteiger partial charge in [-0.05, 0) is 36.8 Å². The molecule has 0 atom stereocenters. The molecule has 2 aromatic carbocycles. The Balaban J connectivity index is 1.88. The van der Waals surface area contributed by atoms with E-state index in [1.54, 1.807) is 61.5 Å². The lowest BCUT2D eigenvalue weighted by Gasteiger charge is -2.04. The van der Waals surface area contributed by atoms with Gasteiger partial charge in [0, 0.05) is 21.7 Å². The Morgan fingerprint density at radius 3 is 2.55 bits per heavy atom. The number of ether oxygens (including phenoxy) is 1. The van der Waals surface area contributed by atoms with Crippen LogP contribution in [0.25, 0.3) is 17.3 Å². The van der Waals surface area contributed by atoms with Crippen LogP contribution in [0.1, 0.15) is 22.8 Å². The molecule has 6 nitrogen and oxygen atoms in total. The van der Waals surface area contributed by atoms with Crippen LogP contribution in [0.15, 0.2) is 59.1 Å². The van der Waals surface area contributed by atoms with Crippen molar-refractivity contribution in [2.24, 2.45) is 0 Å². The normalized spacial score (nSPS) is 10.9. The molecule has 0 unspecified atom stereocenters. The summed E-state index contributed by atoms with van der Waals surface area (Å²) in [5.41, 5.74) is 1.53. The average molecular weight is 431 g/mol. The van der Waals surface area contributed by atoms with E-state index in [4.69, 9.17) is 32.5 Å². The zero-order valence-corrected chi connectivity index (χ0v) is 16.8.